The highest BCUT2D eigenvalue weighted by Gasteiger charge is 2.51. The molecule has 356 valence electrons. The minimum Gasteiger partial charge on any atom is -0.457 e. The van der Waals surface area contributed by atoms with E-state index in [0.717, 1.165) is 64.2 Å². The van der Waals surface area contributed by atoms with Gasteiger partial charge in [-0.3, -0.25) is 13.8 Å². The predicted molar refractivity (Wildman–Crippen MR) is 248 cm³/mol. The van der Waals surface area contributed by atoms with Crippen molar-refractivity contribution < 1.29 is 58.3 Å². The maximum absolute atomic E-state index is 12.8. The Morgan fingerprint density at radius 1 is 0.532 bits per heavy atom. The van der Waals surface area contributed by atoms with E-state index in [1.54, 1.807) is 0 Å². The lowest BCUT2D eigenvalue weighted by Gasteiger charge is -2.41. The summed E-state index contributed by atoms with van der Waals surface area (Å²) in [5, 5.41) is 50.2. The number of unbranched alkanes of at least 4 members (excludes halogenated alkanes) is 12. The molecule has 6 atom stereocenters. The van der Waals surface area contributed by atoms with Crippen LogP contribution in [0, 0.1) is 0 Å². The van der Waals surface area contributed by atoms with Gasteiger partial charge in [0.15, 0.2) is 0 Å². The van der Waals surface area contributed by atoms with Crippen molar-refractivity contribution in [3.05, 3.63) is 85.1 Å². The summed E-state index contributed by atoms with van der Waals surface area (Å²) in [4.78, 5) is 23.1. The number of esters is 1. The number of phosphoric acid groups is 1. The molecule has 6 N–H and O–H groups in total. The van der Waals surface area contributed by atoms with Gasteiger partial charge < -0.3 is 39.9 Å². The van der Waals surface area contributed by atoms with E-state index >= 15 is 0 Å². The fourth-order valence-corrected chi connectivity index (χ4v) is 7.55. The second kappa shape index (κ2) is 38.9. The molecule has 0 aliphatic heterocycles. The Labute approximate surface area is 373 Å². The lowest BCUT2D eigenvalue weighted by molar-refractivity contribution is -0.220. The normalized spacial score (nSPS) is 22.8. The molecule has 0 heterocycles. The fraction of sp³-hybridized carbons (Fsp3) is 0.694. The lowest BCUT2D eigenvalue weighted by atomic mass is 9.85. The summed E-state index contributed by atoms with van der Waals surface area (Å²) in [5.74, 6) is -0.537. The minimum atomic E-state index is -5.04. The first kappa shape index (κ1) is 57.5. The molecule has 0 spiro atoms. The number of aliphatic hydroxyl groups is 5. The summed E-state index contributed by atoms with van der Waals surface area (Å²) in [7, 11) is -5.04. The molecule has 0 bridgehead atoms. The molecule has 0 aromatic carbocycles. The molecule has 0 aromatic rings. The maximum atomic E-state index is 12.8. The van der Waals surface area contributed by atoms with E-state index in [9.17, 15) is 39.8 Å². The van der Waals surface area contributed by atoms with Gasteiger partial charge in [0.25, 0.3) is 0 Å². The Morgan fingerprint density at radius 2 is 0.935 bits per heavy atom. The SMILES string of the molecule is CC/C=C\C/C=C\C/C=C\C/C=C\C/C=C\C/C=C\C/C=C\CCCC(=O)OC(COCCCCCCCCCCCCCC)COP(=O)(O)OC1C(O)C(O)C(O)C(O)C1O. The topological polar surface area (TPSA) is 192 Å². The van der Waals surface area contributed by atoms with Crippen LogP contribution in [-0.4, -0.2) is 98.9 Å². The van der Waals surface area contributed by atoms with Crippen LogP contribution in [0.1, 0.15) is 155 Å². The van der Waals surface area contributed by atoms with Gasteiger partial charge in [-0.25, -0.2) is 4.57 Å². The van der Waals surface area contributed by atoms with Crippen LogP contribution in [0.2, 0.25) is 0 Å². The van der Waals surface area contributed by atoms with Crippen LogP contribution in [0.25, 0.3) is 0 Å². The van der Waals surface area contributed by atoms with Gasteiger partial charge in [-0.2, -0.15) is 0 Å². The Balaban J connectivity index is 2.43. The van der Waals surface area contributed by atoms with E-state index < -0.39 is 63.1 Å². The average Bonchev–Trinajstić information content (AvgIpc) is 3.26. The number of aliphatic hydroxyl groups excluding tert-OH is 5. The first-order valence-electron chi connectivity index (χ1n) is 23.4. The molecule has 1 aliphatic rings. The number of hydrogen-bond donors (Lipinski definition) is 6. The third-order valence-electron chi connectivity index (χ3n) is 10.3. The first-order chi connectivity index (χ1) is 30.0. The Kier molecular flexibility index (Phi) is 36.1. The molecule has 13 heteroatoms. The van der Waals surface area contributed by atoms with E-state index in [1.165, 1.54) is 57.8 Å². The van der Waals surface area contributed by atoms with Crippen molar-refractivity contribution in [1.29, 1.82) is 0 Å². The molecule has 0 saturated heterocycles. The molecular weight excluding hydrogens is 812 g/mol. The summed E-state index contributed by atoms with van der Waals surface area (Å²) in [6, 6.07) is 0. The number of allylic oxidation sites excluding steroid dienone is 14. The highest BCUT2D eigenvalue weighted by atomic mass is 31.2. The van der Waals surface area contributed by atoms with Crippen molar-refractivity contribution in [1.82, 2.24) is 0 Å². The van der Waals surface area contributed by atoms with Crippen LogP contribution >= 0.6 is 7.82 Å². The smallest absolute Gasteiger partial charge is 0.457 e. The van der Waals surface area contributed by atoms with Crippen molar-refractivity contribution in [2.75, 3.05) is 19.8 Å². The summed E-state index contributed by atoms with van der Waals surface area (Å²) >= 11 is 0. The van der Waals surface area contributed by atoms with Gasteiger partial charge in [0, 0.05) is 13.0 Å². The minimum absolute atomic E-state index is 0.103. The van der Waals surface area contributed by atoms with Gasteiger partial charge in [0.2, 0.25) is 0 Å². The molecule has 0 radical (unpaired) electrons. The van der Waals surface area contributed by atoms with Crippen molar-refractivity contribution in [3.63, 3.8) is 0 Å². The van der Waals surface area contributed by atoms with E-state index in [4.69, 9.17) is 18.5 Å². The maximum Gasteiger partial charge on any atom is 0.472 e. The second-order valence-corrected chi connectivity index (χ2v) is 17.3. The molecule has 0 amide bonds. The van der Waals surface area contributed by atoms with Gasteiger partial charge in [-0.05, 0) is 64.2 Å². The van der Waals surface area contributed by atoms with Gasteiger partial charge in [-0.1, -0.05) is 170 Å². The van der Waals surface area contributed by atoms with Gasteiger partial charge in [0.1, 0.15) is 42.7 Å². The molecule has 1 saturated carbocycles. The molecule has 1 aliphatic carbocycles. The van der Waals surface area contributed by atoms with Crippen molar-refractivity contribution in [2.45, 2.75) is 198 Å². The quantitative estimate of drug-likeness (QED) is 0.0149. The molecule has 12 nitrogen and oxygen atoms in total. The van der Waals surface area contributed by atoms with Crippen LogP contribution in [0.5, 0.6) is 0 Å². The number of carbonyl (C=O) groups is 1. The highest BCUT2D eigenvalue weighted by molar-refractivity contribution is 7.47. The van der Waals surface area contributed by atoms with E-state index in [2.05, 4.69) is 86.8 Å². The predicted octanol–water partition coefficient (Wildman–Crippen LogP) is 9.75. The summed E-state index contributed by atoms with van der Waals surface area (Å²) in [6.45, 7) is 4.06. The van der Waals surface area contributed by atoms with Crippen LogP contribution in [0.4, 0.5) is 0 Å². The van der Waals surface area contributed by atoms with E-state index in [-0.39, 0.29) is 13.0 Å². The number of ether oxygens (including phenoxy) is 2. The van der Waals surface area contributed by atoms with Crippen molar-refractivity contribution >= 4 is 13.8 Å². The van der Waals surface area contributed by atoms with Crippen LogP contribution in [-0.2, 0) is 27.9 Å². The monoisotopic (exact) mass is 895 g/mol. The largest absolute Gasteiger partial charge is 0.472 e. The summed E-state index contributed by atoms with van der Waals surface area (Å²) < 4.78 is 34.1. The zero-order valence-electron chi connectivity index (χ0n) is 37.9. The van der Waals surface area contributed by atoms with Crippen molar-refractivity contribution in [2.24, 2.45) is 0 Å². The molecule has 62 heavy (non-hydrogen) atoms. The third kappa shape index (κ3) is 30.6. The Bertz CT molecular complexity index is 1340. The lowest BCUT2D eigenvalue weighted by Crippen LogP contribution is -2.64. The van der Waals surface area contributed by atoms with Gasteiger partial charge >= 0.3 is 13.8 Å². The van der Waals surface area contributed by atoms with Gasteiger partial charge in [0.05, 0.1) is 13.2 Å². The van der Waals surface area contributed by atoms with E-state index in [1.807, 2.05) is 12.2 Å². The molecule has 6 unspecified atom stereocenters. The molecule has 1 fully saturated rings. The average molecular weight is 895 g/mol. The zero-order valence-corrected chi connectivity index (χ0v) is 38.8. The van der Waals surface area contributed by atoms with Crippen LogP contribution in [0.15, 0.2) is 85.1 Å². The Hall–Kier alpha value is -2.48. The number of rotatable bonds is 38. The Morgan fingerprint density at radius 3 is 1.39 bits per heavy atom. The molecule has 1 rings (SSSR count). The number of hydrogen-bond acceptors (Lipinski definition) is 11. The fourth-order valence-electron chi connectivity index (χ4n) is 6.58. The van der Waals surface area contributed by atoms with Crippen LogP contribution < -0.4 is 0 Å². The van der Waals surface area contributed by atoms with Gasteiger partial charge in [-0.15, -0.1) is 0 Å². The number of phosphoric ester groups is 1. The third-order valence-corrected chi connectivity index (χ3v) is 11.3. The van der Waals surface area contributed by atoms with E-state index in [0.29, 0.717) is 19.4 Å². The van der Waals surface area contributed by atoms with Crippen molar-refractivity contribution in [3.8, 4) is 0 Å². The number of carbonyl (C=O) groups excluding carboxylic acids is 1. The summed E-state index contributed by atoms with van der Waals surface area (Å²) in [6.07, 6.45) is 39.4. The standard InChI is InChI=1S/C49H83O12P/c1-3-5-7-9-11-13-15-17-18-19-20-21-22-23-24-25-26-27-28-30-32-34-36-38-43(50)60-42(40-58-39-37-35-33-31-29-16-14-12-10-8-6-4-2)41-59-62(56,57)61-49-47(54)45(52)44(51)46(53)48(49)55/h5,7,11,13,17-18,20-21,23-24,26-27,30,32,42,44-49,51-55H,3-4,6,8-10,12,14-16,19,22,25,28-29,31,33-41H2,1-2H3,(H,56,57)/b7-5-,13-11-,18-17-,21-20-,24-23-,27-26-,32-30-. The molecular formula is C49H83O12P. The molecule has 0 aromatic heterocycles. The summed E-state index contributed by atoms with van der Waals surface area (Å²) in [5.41, 5.74) is 0. The first-order valence-corrected chi connectivity index (χ1v) is 24.9. The zero-order chi connectivity index (χ0) is 45.5. The second-order valence-electron chi connectivity index (χ2n) is 15.9. The highest BCUT2D eigenvalue weighted by Crippen LogP contribution is 2.47. The van der Waals surface area contributed by atoms with Crippen LogP contribution in [0.3, 0.4) is 0 Å².